The standard InChI is InChI=1S/C23H28N2O2/c1-14(2)18-6-8-20(9-7-18)25-13-19(12-21(25)26)23(27)24-22-16(4)10-15(3)11-17(22)5/h6-11,14,19H,12-13H2,1-5H3,(H,24,27)/t19-/m1/s1. The van der Waals surface area contributed by atoms with E-state index >= 15 is 0 Å². The van der Waals surface area contributed by atoms with Crippen LogP contribution in [-0.4, -0.2) is 18.4 Å². The first-order valence-electron chi connectivity index (χ1n) is 9.55. The van der Waals surface area contributed by atoms with Crippen LogP contribution in [0.1, 0.15) is 48.4 Å². The number of carbonyl (C=O) groups excluding carboxylic acids is 2. The molecule has 3 rings (SSSR count). The highest BCUT2D eigenvalue weighted by Gasteiger charge is 2.35. The molecule has 1 aliphatic heterocycles. The van der Waals surface area contributed by atoms with Crippen LogP contribution >= 0.6 is 0 Å². The largest absolute Gasteiger partial charge is 0.325 e. The molecule has 2 aromatic carbocycles. The van der Waals surface area contributed by atoms with E-state index in [1.165, 1.54) is 11.1 Å². The van der Waals surface area contributed by atoms with Gasteiger partial charge in [0.05, 0.1) is 5.92 Å². The molecule has 142 valence electrons. The van der Waals surface area contributed by atoms with Gasteiger partial charge in [0, 0.05) is 24.3 Å². The van der Waals surface area contributed by atoms with Gasteiger partial charge in [-0.25, -0.2) is 0 Å². The summed E-state index contributed by atoms with van der Waals surface area (Å²) in [6, 6.07) is 12.2. The van der Waals surface area contributed by atoms with E-state index in [2.05, 4.69) is 43.4 Å². The molecule has 0 unspecified atom stereocenters. The number of carbonyl (C=O) groups is 2. The third-order valence-corrected chi connectivity index (χ3v) is 5.29. The minimum atomic E-state index is -0.331. The van der Waals surface area contributed by atoms with Crippen LogP contribution in [-0.2, 0) is 9.59 Å². The highest BCUT2D eigenvalue weighted by Crippen LogP contribution is 2.29. The molecule has 1 atom stereocenters. The zero-order valence-electron chi connectivity index (χ0n) is 16.8. The van der Waals surface area contributed by atoms with E-state index in [-0.39, 0.29) is 24.2 Å². The molecule has 2 amide bonds. The van der Waals surface area contributed by atoms with Gasteiger partial charge in [0.2, 0.25) is 11.8 Å². The summed E-state index contributed by atoms with van der Waals surface area (Å²) >= 11 is 0. The monoisotopic (exact) mass is 364 g/mol. The van der Waals surface area contributed by atoms with Crippen LogP contribution < -0.4 is 10.2 Å². The Bertz CT molecular complexity index is 845. The number of nitrogens with zero attached hydrogens (tertiary/aromatic N) is 1. The lowest BCUT2D eigenvalue weighted by Crippen LogP contribution is -2.28. The number of nitrogens with one attached hydrogen (secondary N) is 1. The second kappa shape index (κ2) is 7.55. The molecular weight excluding hydrogens is 336 g/mol. The van der Waals surface area contributed by atoms with Gasteiger partial charge in [-0.05, 0) is 55.5 Å². The lowest BCUT2D eigenvalue weighted by molar-refractivity contribution is -0.122. The summed E-state index contributed by atoms with van der Waals surface area (Å²) in [6.07, 6.45) is 0.252. The first-order chi connectivity index (χ1) is 12.8. The molecule has 0 saturated carbocycles. The zero-order chi connectivity index (χ0) is 19.7. The van der Waals surface area contributed by atoms with Gasteiger partial charge >= 0.3 is 0 Å². The van der Waals surface area contributed by atoms with E-state index in [1.807, 2.05) is 32.9 Å². The molecule has 4 heteroatoms. The fourth-order valence-electron chi connectivity index (χ4n) is 3.77. The molecule has 0 spiro atoms. The summed E-state index contributed by atoms with van der Waals surface area (Å²) in [5.41, 5.74) is 6.23. The van der Waals surface area contributed by atoms with Crippen LogP contribution in [0.25, 0.3) is 0 Å². The zero-order valence-corrected chi connectivity index (χ0v) is 16.8. The Morgan fingerprint density at radius 2 is 1.67 bits per heavy atom. The summed E-state index contributed by atoms with van der Waals surface area (Å²) in [6.45, 7) is 10.8. The van der Waals surface area contributed by atoms with Crippen molar-refractivity contribution in [1.29, 1.82) is 0 Å². The predicted molar refractivity (Wildman–Crippen MR) is 110 cm³/mol. The lowest BCUT2D eigenvalue weighted by atomic mass is 10.0. The Morgan fingerprint density at radius 1 is 1.07 bits per heavy atom. The fraction of sp³-hybridized carbons (Fsp3) is 0.391. The Hall–Kier alpha value is -2.62. The number of anilines is 2. The van der Waals surface area contributed by atoms with Gasteiger partial charge < -0.3 is 10.2 Å². The molecule has 0 aromatic heterocycles. The van der Waals surface area contributed by atoms with Gasteiger partial charge in [-0.1, -0.05) is 43.7 Å². The number of benzene rings is 2. The topological polar surface area (TPSA) is 49.4 Å². The summed E-state index contributed by atoms with van der Waals surface area (Å²) in [5, 5.41) is 3.05. The molecule has 1 fully saturated rings. The van der Waals surface area contributed by atoms with Crippen LogP contribution in [0.4, 0.5) is 11.4 Å². The number of amides is 2. The Balaban J connectivity index is 1.72. The molecule has 27 heavy (non-hydrogen) atoms. The molecule has 1 aliphatic rings. The fourth-order valence-corrected chi connectivity index (χ4v) is 3.77. The quantitative estimate of drug-likeness (QED) is 0.853. The van der Waals surface area contributed by atoms with Crippen molar-refractivity contribution in [1.82, 2.24) is 0 Å². The van der Waals surface area contributed by atoms with Crippen LogP contribution in [0, 0.1) is 26.7 Å². The third kappa shape index (κ3) is 4.05. The van der Waals surface area contributed by atoms with Crippen molar-refractivity contribution in [2.45, 2.75) is 47.0 Å². The maximum atomic E-state index is 12.8. The maximum absolute atomic E-state index is 12.8. The van der Waals surface area contributed by atoms with Crippen LogP contribution in [0.15, 0.2) is 36.4 Å². The highest BCUT2D eigenvalue weighted by molar-refractivity contribution is 6.04. The Kier molecular flexibility index (Phi) is 5.36. The van der Waals surface area contributed by atoms with E-state index in [4.69, 9.17) is 0 Å². The minimum absolute atomic E-state index is 0.00444. The average molecular weight is 364 g/mol. The number of aryl methyl sites for hydroxylation is 3. The molecule has 0 aliphatic carbocycles. The van der Waals surface area contributed by atoms with E-state index in [1.54, 1.807) is 4.90 Å². The predicted octanol–water partition coefficient (Wildman–Crippen LogP) is 4.73. The van der Waals surface area contributed by atoms with Gasteiger partial charge in [-0.2, -0.15) is 0 Å². The van der Waals surface area contributed by atoms with Crippen molar-refractivity contribution in [3.05, 3.63) is 58.7 Å². The normalized spacial score (nSPS) is 16.9. The summed E-state index contributed by atoms with van der Waals surface area (Å²) in [7, 11) is 0. The number of rotatable bonds is 4. The van der Waals surface area contributed by atoms with Crippen molar-refractivity contribution in [2.75, 3.05) is 16.8 Å². The van der Waals surface area contributed by atoms with E-state index in [0.717, 1.165) is 22.5 Å². The van der Waals surface area contributed by atoms with Crippen LogP contribution in [0.3, 0.4) is 0 Å². The second-order valence-corrected chi connectivity index (χ2v) is 7.91. The maximum Gasteiger partial charge on any atom is 0.229 e. The smallest absolute Gasteiger partial charge is 0.229 e. The first kappa shape index (κ1) is 19.2. The van der Waals surface area contributed by atoms with E-state index in [0.29, 0.717) is 12.5 Å². The van der Waals surface area contributed by atoms with Crippen molar-refractivity contribution in [2.24, 2.45) is 5.92 Å². The molecular formula is C23H28N2O2. The minimum Gasteiger partial charge on any atom is -0.325 e. The molecule has 0 bridgehead atoms. The van der Waals surface area contributed by atoms with Crippen molar-refractivity contribution < 1.29 is 9.59 Å². The lowest BCUT2D eigenvalue weighted by Gasteiger charge is -2.18. The van der Waals surface area contributed by atoms with Gasteiger partial charge in [0.25, 0.3) is 0 Å². The molecule has 2 aromatic rings. The molecule has 1 saturated heterocycles. The summed E-state index contributed by atoms with van der Waals surface area (Å²) in [5.74, 6) is 0.0414. The van der Waals surface area contributed by atoms with Crippen molar-refractivity contribution >= 4 is 23.2 Å². The van der Waals surface area contributed by atoms with E-state index in [9.17, 15) is 9.59 Å². The van der Waals surface area contributed by atoms with Crippen molar-refractivity contribution in [3.8, 4) is 0 Å². The second-order valence-electron chi connectivity index (χ2n) is 7.91. The van der Waals surface area contributed by atoms with Gasteiger partial charge in [-0.3, -0.25) is 9.59 Å². The Labute approximate surface area is 161 Å². The van der Waals surface area contributed by atoms with Crippen LogP contribution in [0.5, 0.6) is 0 Å². The molecule has 0 radical (unpaired) electrons. The summed E-state index contributed by atoms with van der Waals surface area (Å²) in [4.78, 5) is 27.0. The average Bonchev–Trinajstić information content (AvgIpc) is 3.00. The molecule has 1 N–H and O–H groups in total. The van der Waals surface area contributed by atoms with Gasteiger partial charge in [-0.15, -0.1) is 0 Å². The third-order valence-electron chi connectivity index (χ3n) is 5.29. The van der Waals surface area contributed by atoms with Gasteiger partial charge in [0.1, 0.15) is 0 Å². The number of hydrogen-bond acceptors (Lipinski definition) is 2. The molecule has 4 nitrogen and oxygen atoms in total. The Morgan fingerprint density at radius 3 is 2.22 bits per heavy atom. The summed E-state index contributed by atoms with van der Waals surface area (Å²) < 4.78 is 0. The van der Waals surface area contributed by atoms with Gasteiger partial charge in [0.15, 0.2) is 0 Å². The van der Waals surface area contributed by atoms with Crippen molar-refractivity contribution in [3.63, 3.8) is 0 Å². The molecule has 1 heterocycles. The SMILES string of the molecule is Cc1cc(C)c(NC(=O)[C@@H]2CC(=O)N(c3ccc(C(C)C)cc3)C2)c(C)c1. The highest BCUT2D eigenvalue weighted by atomic mass is 16.2. The first-order valence-corrected chi connectivity index (χ1v) is 9.55. The number of hydrogen-bond donors (Lipinski definition) is 1. The van der Waals surface area contributed by atoms with Crippen LogP contribution in [0.2, 0.25) is 0 Å². The van der Waals surface area contributed by atoms with E-state index < -0.39 is 0 Å².